The maximum absolute atomic E-state index is 12.1. The molecule has 2 rings (SSSR count). The second-order valence-corrected chi connectivity index (χ2v) is 6.13. The van der Waals surface area contributed by atoms with Crippen LogP contribution in [-0.4, -0.2) is 44.9 Å². The van der Waals surface area contributed by atoms with Gasteiger partial charge in [-0.05, 0) is 17.0 Å². The van der Waals surface area contributed by atoms with E-state index in [1.165, 1.54) is 12.7 Å². The lowest BCUT2D eigenvalue weighted by atomic mass is 9.99. The first-order chi connectivity index (χ1) is 11.5. The molecule has 24 heavy (non-hydrogen) atoms. The lowest BCUT2D eigenvalue weighted by molar-refractivity contribution is -0.146. The molecule has 1 saturated heterocycles. The lowest BCUT2D eigenvalue weighted by Gasteiger charge is -2.26. The maximum Gasteiger partial charge on any atom is 0.333 e. The number of hydrogen-bond acceptors (Lipinski definition) is 5. The van der Waals surface area contributed by atoms with Gasteiger partial charge < -0.3 is 19.5 Å². The van der Waals surface area contributed by atoms with Crippen LogP contribution in [0.4, 0.5) is 0 Å². The van der Waals surface area contributed by atoms with Crippen LogP contribution in [0.25, 0.3) is 0 Å². The number of methoxy groups -OCH3 is 1. The van der Waals surface area contributed by atoms with Gasteiger partial charge in [-0.2, -0.15) is 0 Å². The zero-order chi connectivity index (χ0) is 17.5. The Kier molecular flexibility index (Phi) is 6.75. The van der Waals surface area contributed by atoms with Crippen molar-refractivity contribution in [2.45, 2.75) is 38.3 Å². The molecule has 0 aliphatic carbocycles. The topological polar surface area (TPSA) is 73.9 Å². The van der Waals surface area contributed by atoms with Crippen LogP contribution < -0.4 is 5.32 Å². The highest BCUT2D eigenvalue weighted by Gasteiger charge is 2.24. The van der Waals surface area contributed by atoms with Crippen LogP contribution in [-0.2, 0) is 23.8 Å². The summed E-state index contributed by atoms with van der Waals surface area (Å²) in [5.74, 6) is -0.342. The largest absolute Gasteiger partial charge is 0.467 e. The Morgan fingerprint density at radius 2 is 1.83 bits per heavy atom. The second-order valence-electron chi connectivity index (χ2n) is 6.13. The van der Waals surface area contributed by atoms with Gasteiger partial charge in [-0.15, -0.1) is 0 Å². The van der Waals surface area contributed by atoms with Crippen LogP contribution in [0.1, 0.15) is 43.4 Å². The summed E-state index contributed by atoms with van der Waals surface area (Å²) in [6.45, 7) is 5.66. The van der Waals surface area contributed by atoms with Crippen molar-refractivity contribution in [2.24, 2.45) is 0 Å². The molecular formula is C18H25NO5. The van der Waals surface area contributed by atoms with E-state index in [9.17, 15) is 9.59 Å². The van der Waals surface area contributed by atoms with Crippen molar-refractivity contribution in [2.75, 3.05) is 26.9 Å². The number of nitrogens with one attached hydrogen (secondary N) is 1. The van der Waals surface area contributed by atoms with E-state index in [1.54, 1.807) is 0 Å². The standard InChI is InChI=1S/C18H25NO5/c1-12(2)13-4-6-14(7-5-13)17(18(21)22-3)19-16(20)8-9-24-15-10-23-11-15/h4-7,12,15,17H,8-11H2,1-3H3,(H,19,20). The summed E-state index contributed by atoms with van der Waals surface area (Å²) in [7, 11) is 1.31. The summed E-state index contributed by atoms with van der Waals surface area (Å²) >= 11 is 0. The van der Waals surface area contributed by atoms with Crippen molar-refractivity contribution in [3.05, 3.63) is 35.4 Å². The number of benzene rings is 1. The Morgan fingerprint density at radius 3 is 2.33 bits per heavy atom. The van der Waals surface area contributed by atoms with Gasteiger partial charge in [0, 0.05) is 0 Å². The van der Waals surface area contributed by atoms with Crippen LogP contribution in [0.3, 0.4) is 0 Å². The van der Waals surface area contributed by atoms with Crippen LogP contribution in [0.5, 0.6) is 0 Å². The van der Waals surface area contributed by atoms with Gasteiger partial charge in [0.05, 0.1) is 33.4 Å². The summed E-state index contributed by atoms with van der Waals surface area (Å²) in [4.78, 5) is 24.1. The first kappa shape index (κ1) is 18.4. The van der Waals surface area contributed by atoms with Gasteiger partial charge >= 0.3 is 5.97 Å². The van der Waals surface area contributed by atoms with Crippen LogP contribution >= 0.6 is 0 Å². The van der Waals surface area contributed by atoms with Gasteiger partial charge in [-0.1, -0.05) is 38.1 Å². The lowest BCUT2D eigenvalue weighted by Crippen LogP contribution is -2.38. The van der Waals surface area contributed by atoms with Crippen molar-refractivity contribution in [3.63, 3.8) is 0 Å². The highest BCUT2D eigenvalue weighted by Crippen LogP contribution is 2.20. The Labute approximate surface area is 142 Å². The number of ether oxygens (including phenoxy) is 3. The fourth-order valence-electron chi connectivity index (χ4n) is 2.33. The minimum absolute atomic E-state index is 0.0813. The van der Waals surface area contributed by atoms with Gasteiger partial charge in [-0.25, -0.2) is 4.79 Å². The Hall–Kier alpha value is -1.92. The van der Waals surface area contributed by atoms with Crippen molar-refractivity contribution in [3.8, 4) is 0 Å². The van der Waals surface area contributed by atoms with E-state index in [4.69, 9.17) is 14.2 Å². The predicted octanol–water partition coefficient (Wildman–Crippen LogP) is 1.95. The average molecular weight is 335 g/mol. The molecular weight excluding hydrogens is 310 g/mol. The number of esters is 1. The molecule has 1 heterocycles. The molecule has 0 radical (unpaired) electrons. The van der Waals surface area contributed by atoms with Gasteiger partial charge in [0.25, 0.3) is 0 Å². The summed E-state index contributed by atoms with van der Waals surface area (Å²) in [5, 5.41) is 2.72. The Balaban J connectivity index is 1.94. The molecule has 0 aromatic heterocycles. The van der Waals surface area contributed by atoms with Crippen molar-refractivity contribution in [1.29, 1.82) is 0 Å². The van der Waals surface area contributed by atoms with Crippen molar-refractivity contribution in [1.82, 2.24) is 5.32 Å². The molecule has 0 bridgehead atoms. The molecule has 6 heteroatoms. The van der Waals surface area contributed by atoms with Crippen LogP contribution in [0, 0.1) is 0 Å². The first-order valence-corrected chi connectivity index (χ1v) is 8.17. The number of hydrogen-bond donors (Lipinski definition) is 1. The fourth-order valence-corrected chi connectivity index (χ4v) is 2.33. The molecule has 0 saturated carbocycles. The number of carbonyl (C=O) groups excluding carboxylic acids is 2. The molecule has 1 atom stereocenters. The SMILES string of the molecule is COC(=O)C(NC(=O)CCOC1COC1)c1ccc(C(C)C)cc1. The summed E-state index contributed by atoms with van der Waals surface area (Å²) in [6, 6.07) is 6.80. The summed E-state index contributed by atoms with van der Waals surface area (Å²) in [5.41, 5.74) is 1.87. The zero-order valence-corrected chi connectivity index (χ0v) is 14.4. The third kappa shape index (κ3) is 5.04. The summed E-state index contributed by atoms with van der Waals surface area (Å²) < 4.78 is 15.3. The maximum atomic E-state index is 12.1. The second kappa shape index (κ2) is 8.80. The van der Waals surface area contributed by atoms with Gasteiger partial charge in [0.15, 0.2) is 6.04 Å². The molecule has 132 valence electrons. The van der Waals surface area contributed by atoms with Crippen LogP contribution in [0.2, 0.25) is 0 Å². The highest BCUT2D eigenvalue weighted by atomic mass is 16.6. The fraction of sp³-hybridized carbons (Fsp3) is 0.556. The summed E-state index contributed by atoms with van der Waals surface area (Å²) in [6.07, 6.45) is 0.270. The van der Waals surface area contributed by atoms with Crippen LogP contribution in [0.15, 0.2) is 24.3 Å². The van der Waals surface area contributed by atoms with E-state index in [-0.39, 0.29) is 18.4 Å². The van der Waals surface area contributed by atoms with E-state index < -0.39 is 12.0 Å². The molecule has 0 spiro atoms. The minimum atomic E-state index is -0.809. The smallest absolute Gasteiger partial charge is 0.333 e. The predicted molar refractivity (Wildman–Crippen MR) is 88.6 cm³/mol. The third-order valence-corrected chi connectivity index (χ3v) is 3.97. The quantitative estimate of drug-likeness (QED) is 0.735. The molecule has 1 aromatic carbocycles. The Morgan fingerprint density at radius 1 is 1.21 bits per heavy atom. The minimum Gasteiger partial charge on any atom is -0.467 e. The average Bonchev–Trinajstić information content (AvgIpc) is 2.54. The Bertz CT molecular complexity index is 551. The number of amides is 1. The van der Waals surface area contributed by atoms with E-state index in [1.807, 2.05) is 24.3 Å². The third-order valence-electron chi connectivity index (χ3n) is 3.97. The zero-order valence-electron chi connectivity index (χ0n) is 14.4. The normalized spacial score (nSPS) is 15.7. The highest BCUT2D eigenvalue weighted by molar-refractivity contribution is 5.85. The number of carbonyl (C=O) groups is 2. The van der Waals surface area contributed by atoms with Gasteiger partial charge in [0.2, 0.25) is 5.91 Å². The van der Waals surface area contributed by atoms with Crippen molar-refractivity contribution < 1.29 is 23.8 Å². The monoisotopic (exact) mass is 335 g/mol. The molecule has 1 amide bonds. The molecule has 1 aliphatic heterocycles. The van der Waals surface area contributed by atoms with E-state index in [0.29, 0.717) is 31.3 Å². The van der Waals surface area contributed by atoms with E-state index in [2.05, 4.69) is 19.2 Å². The molecule has 6 nitrogen and oxygen atoms in total. The number of rotatable bonds is 8. The molecule has 1 N–H and O–H groups in total. The van der Waals surface area contributed by atoms with E-state index in [0.717, 1.165) is 0 Å². The molecule has 1 aromatic rings. The van der Waals surface area contributed by atoms with Gasteiger partial charge in [-0.3, -0.25) is 4.79 Å². The van der Waals surface area contributed by atoms with E-state index >= 15 is 0 Å². The molecule has 1 unspecified atom stereocenters. The molecule has 1 fully saturated rings. The first-order valence-electron chi connectivity index (χ1n) is 8.17. The van der Waals surface area contributed by atoms with Gasteiger partial charge in [0.1, 0.15) is 6.10 Å². The molecule has 1 aliphatic rings. The van der Waals surface area contributed by atoms with Crippen molar-refractivity contribution >= 4 is 11.9 Å².